The van der Waals surface area contributed by atoms with E-state index in [1.807, 2.05) is 52.7 Å². The van der Waals surface area contributed by atoms with E-state index in [2.05, 4.69) is 15.2 Å². The maximum absolute atomic E-state index is 13.7. The number of nitrogens with zero attached hydrogens (tertiary/aromatic N) is 5. The number of aliphatic imine (C=N–C) groups is 1. The van der Waals surface area contributed by atoms with Gasteiger partial charge in [0, 0.05) is 73.3 Å². The molecule has 0 saturated carbocycles. The standard InChI is InChI=1S/C33H35ClN6O6S/c1-45-19-26-25-18-40(21-10-7-20(8-11-21)9-12-27(41)42)33(44)39(25)15-14-38(26)17-24-28(32(43)46-2)29(22-5-3-4-6-23(22)34)37-30(36-24)31-35-13-16-47-31/h3-8,10-11,13,16,25-26,29H,9,12,14-15,17-19H2,1-2H3,(H,36,37)(H,41,42)/t25-,26-,29+/m1/s1. The van der Waals surface area contributed by atoms with E-state index >= 15 is 0 Å². The van der Waals surface area contributed by atoms with Crippen molar-refractivity contribution >= 4 is 52.4 Å². The summed E-state index contributed by atoms with van der Waals surface area (Å²) < 4.78 is 11.0. The number of fused-ring (bicyclic) bond motifs is 1. The number of methoxy groups -OCH3 is 2. The van der Waals surface area contributed by atoms with Crippen LogP contribution in [0.1, 0.15) is 28.6 Å². The minimum absolute atomic E-state index is 0.0473. The zero-order chi connectivity index (χ0) is 33.1. The minimum Gasteiger partial charge on any atom is -0.481 e. The number of carbonyl (C=O) groups is 3. The van der Waals surface area contributed by atoms with E-state index in [-0.39, 0.29) is 24.5 Å². The summed E-state index contributed by atoms with van der Waals surface area (Å²) in [5, 5.41) is 15.4. The highest BCUT2D eigenvalue weighted by Gasteiger charge is 2.47. The van der Waals surface area contributed by atoms with Crippen LogP contribution in [0.2, 0.25) is 5.02 Å². The number of anilines is 1. The number of benzene rings is 2. The number of thiazole rings is 1. The molecule has 0 bridgehead atoms. The Morgan fingerprint density at radius 2 is 1.91 bits per heavy atom. The molecule has 246 valence electrons. The molecule has 0 radical (unpaired) electrons. The van der Waals surface area contributed by atoms with Gasteiger partial charge in [-0.05, 0) is 30.2 Å². The van der Waals surface area contributed by atoms with Gasteiger partial charge in [0.05, 0.1) is 31.4 Å². The van der Waals surface area contributed by atoms with Crippen LogP contribution in [0.25, 0.3) is 0 Å². The zero-order valence-electron chi connectivity index (χ0n) is 26.0. The Morgan fingerprint density at radius 1 is 1.13 bits per heavy atom. The van der Waals surface area contributed by atoms with E-state index < -0.39 is 18.0 Å². The van der Waals surface area contributed by atoms with Gasteiger partial charge in [0.15, 0.2) is 10.8 Å². The predicted molar refractivity (Wildman–Crippen MR) is 178 cm³/mol. The van der Waals surface area contributed by atoms with Crippen LogP contribution < -0.4 is 10.2 Å². The van der Waals surface area contributed by atoms with Crippen molar-refractivity contribution in [2.24, 2.45) is 4.99 Å². The monoisotopic (exact) mass is 678 g/mol. The molecule has 4 heterocycles. The van der Waals surface area contributed by atoms with E-state index in [0.29, 0.717) is 71.9 Å². The molecule has 0 aliphatic carbocycles. The van der Waals surface area contributed by atoms with Gasteiger partial charge in [-0.1, -0.05) is 41.9 Å². The summed E-state index contributed by atoms with van der Waals surface area (Å²) in [6.07, 6.45) is 2.17. The summed E-state index contributed by atoms with van der Waals surface area (Å²) in [6, 6.07) is 13.6. The highest BCUT2D eigenvalue weighted by Crippen LogP contribution is 2.37. The molecule has 6 rings (SSSR count). The van der Waals surface area contributed by atoms with Crippen molar-refractivity contribution in [3.05, 3.63) is 92.5 Å². The van der Waals surface area contributed by atoms with E-state index in [1.54, 1.807) is 24.3 Å². The van der Waals surface area contributed by atoms with Crippen molar-refractivity contribution in [3.63, 3.8) is 0 Å². The van der Waals surface area contributed by atoms with Gasteiger partial charge < -0.3 is 24.8 Å². The van der Waals surface area contributed by atoms with Gasteiger partial charge in [-0.15, -0.1) is 11.3 Å². The Bertz CT molecular complexity index is 1700. The number of urea groups is 1. The van der Waals surface area contributed by atoms with E-state index in [9.17, 15) is 14.4 Å². The average Bonchev–Trinajstić information content (AvgIpc) is 3.73. The van der Waals surface area contributed by atoms with Crippen molar-refractivity contribution in [3.8, 4) is 0 Å². The number of carboxylic acids is 1. The molecule has 12 nitrogen and oxygen atoms in total. The number of nitrogens with one attached hydrogen (secondary N) is 1. The number of aliphatic carboxylic acids is 1. The number of carboxylic acid groups (broad SMARTS) is 1. The van der Waals surface area contributed by atoms with Crippen molar-refractivity contribution in [2.75, 3.05) is 51.9 Å². The number of amides is 2. The zero-order valence-corrected chi connectivity index (χ0v) is 27.5. The molecule has 3 aromatic rings. The summed E-state index contributed by atoms with van der Waals surface area (Å²) in [7, 11) is 2.99. The lowest BCUT2D eigenvalue weighted by Gasteiger charge is -2.44. The molecular formula is C33H35ClN6O6S. The van der Waals surface area contributed by atoms with Gasteiger partial charge in [-0.2, -0.15) is 0 Å². The maximum atomic E-state index is 13.7. The lowest BCUT2D eigenvalue weighted by atomic mass is 9.94. The van der Waals surface area contributed by atoms with Crippen LogP contribution in [0.15, 0.2) is 76.4 Å². The number of rotatable bonds is 11. The molecule has 3 aliphatic heterocycles. The molecule has 0 unspecified atom stereocenters. The molecule has 3 aliphatic rings. The fourth-order valence-electron chi connectivity index (χ4n) is 6.43. The number of halogens is 1. The molecule has 2 aromatic carbocycles. The van der Waals surface area contributed by atoms with Crippen molar-refractivity contribution in [1.29, 1.82) is 0 Å². The Balaban J connectivity index is 1.30. The van der Waals surface area contributed by atoms with Gasteiger partial charge in [0.25, 0.3) is 0 Å². The summed E-state index contributed by atoms with van der Waals surface area (Å²) in [6.45, 7) is 2.17. The Morgan fingerprint density at radius 3 is 2.60 bits per heavy atom. The number of aryl methyl sites for hydroxylation is 1. The molecule has 14 heteroatoms. The molecule has 1 aromatic heterocycles. The molecule has 2 amide bonds. The van der Waals surface area contributed by atoms with E-state index in [4.69, 9.17) is 31.2 Å². The van der Waals surface area contributed by atoms with Gasteiger partial charge in [0.1, 0.15) is 6.04 Å². The molecule has 2 N–H and O–H groups in total. The second-order valence-electron chi connectivity index (χ2n) is 11.5. The van der Waals surface area contributed by atoms with Gasteiger partial charge in [-0.3, -0.25) is 19.6 Å². The molecule has 47 heavy (non-hydrogen) atoms. The van der Waals surface area contributed by atoms with Crippen molar-refractivity contribution < 1.29 is 29.0 Å². The number of ether oxygens (including phenoxy) is 2. The van der Waals surface area contributed by atoms with Crippen LogP contribution in [-0.4, -0.2) is 103 Å². The molecular weight excluding hydrogens is 644 g/mol. The number of amidine groups is 1. The normalized spacial score (nSPS) is 21.4. The Labute approximate surface area is 281 Å². The number of hydrogen-bond donors (Lipinski definition) is 2. The molecule has 2 saturated heterocycles. The topological polar surface area (TPSA) is 137 Å². The van der Waals surface area contributed by atoms with Crippen LogP contribution in [0.4, 0.5) is 10.5 Å². The third-order valence-corrected chi connectivity index (χ3v) is 9.85. The van der Waals surface area contributed by atoms with Crippen LogP contribution in [0, 0.1) is 0 Å². The molecule has 0 spiro atoms. The van der Waals surface area contributed by atoms with Crippen LogP contribution in [0.5, 0.6) is 0 Å². The SMILES string of the molecule is COC[C@@H]1[C@H]2CN(c3ccc(CCC(=O)O)cc3)C(=O)N2CCN1CC1=C(C(=O)OC)[C@H](c2ccccc2Cl)N=C(c2nccs2)N1. The highest BCUT2D eigenvalue weighted by atomic mass is 35.5. The quantitative estimate of drug-likeness (QED) is 0.289. The number of esters is 1. The number of piperazine rings is 1. The summed E-state index contributed by atoms with van der Waals surface area (Å²) >= 11 is 8.09. The smallest absolute Gasteiger partial charge is 0.338 e. The van der Waals surface area contributed by atoms with Crippen molar-refractivity contribution in [2.45, 2.75) is 31.0 Å². The first kappa shape index (κ1) is 32.6. The van der Waals surface area contributed by atoms with E-state index in [1.165, 1.54) is 18.4 Å². The third-order valence-electron chi connectivity index (χ3n) is 8.73. The number of carbonyl (C=O) groups excluding carboxylic acids is 2. The van der Waals surface area contributed by atoms with E-state index in [0.717, 1.165) is 11.3 Å². The Hall–Kier alpha value is -4.30. The Kier molecular flexibility index (Phi) is 9.87. The summed E-state index contributed by atoms with van der Waals surface area (Å²) in [5.74, 6) is -0.836. The fourth-order valence-corrected chi connectivity index (χ4v) is 7.26. The first-order valence-electron chi connectivity index (χ1n) is 15.2. The highest BCUT2D eigenvalue weighted by molar-refractivity contribution is 7.11. The second kappa shape index (κ2) is 14.2. The van der Waals surface area contributed by atoms with Crippen molar-refractivity contribution in [1.82, 2.24) is 20.1 Å². The average molecular weight is 679 g/mol. The van der Waals surface area contributed by atoms with Gasteiger partial charge in [0.2, 0.25) is 0 Å². The second-order valence-corrected chi connectivity index (χ2v) is 12.8. The first-order chi connectivity index (χ1) is 22.8. The lowest BCUT2D eigenvalue weighted by molar-refractivity contribution is -0.137. The predicted octanol–water partition coefficient (Wildman–Crippen LogP) is 3.97. The molecule has 3 atom stereocenters. The largest absolute Gasteiger partial charge is 0.481 e. The fraction of sp³-hybridized carbons (Fsp3) is 0.364. The van der Waals surface area contributed by atoms with Crippen LogP contribution in [0.3, 0.4) is 0 Å². The first-order valence-corrected chi connectivity index (χ1v) is 16.5. The van der Waals surface area contributed by atoms with Crippen LogP contribution >= 0.6 is 22.9 Å². The maximum Gasteiger partial charge on any atom is 0.338 e. The van der Waals surface area contributed by atoms with Gasteiger partial charge in [-0.25, -0.2) is 14.6 Å². The summed E-state index contributed by atoms with van der Waals surface area (Å²) in [5.41, 5.74) is 3.30. The summed E-state index contributed by atoms with van der Waals surface area (Å²) in [4.78, 5) is 53.4. The van der Waals surface area contributed by atoms with Gasteiger partial charge >= 0.3 is 18.0 Å². The minimum atomic E-state index is -0.849. The number of aromatic nitrogens is 1. The molecule has 2 fully saturated rings. The van der Waals surface area contributed by atoms with Crippen LogP contribution in [-0.2, 0) is 25.5 Å². The lowest BCUT2D eigenvalue weighted by Crippen LogP contribution is -2.61. The number of hydrogen-bond acceptors (Lipinski definition) is 10. The third kappa shape index (κ3) is 6.75.